The highest BCUT2D eigenvalue weighted by Crippen LogP contribution is 2.31. The lowest BCUT2D eigenvalue weighted by Crippen LogP contribution is -2.19. The highest BCUT2D eigenvalue weighted by molar-refractivity contribution is 6.31. The maximum absolute atomic E-state index is 6.22. The van der Waals surface area contributed by atoms with Gasteiger partial charge in [0, 0.05) is 5.02 Å². The van der Waals surface area contributed by atoms with Crippen LogP contribution in [0.5, 0.6) is 0 Å². The third-order valence-corrected chi connectivity index (χ3v) is 4.63. The van der Waals surface area contributed by atoms with Gasteiger partial charge >= 0.3 is 0 Å². The van der Waals surface area contributed by atoms with Crippen LogP contribution >= 0.6 is 11.6 Å². The topological polar surface area (TPSA) is 21.3 Å². The third-order valence-electron chi connectivity index (χ3n) is 4.23. The van der Waals surface area contributed by atoms with E-state index in [2.05, 4.69) is 43.4 Å². The van der Waals surface area contributed by atoms with Gasteiger partial charge in [-0.1, -0.05) is 35.9 Å². The molecule has 0 radical (unpaired) electrons. The molecule has 3 heteroatoms. The Bertz CT molecular complexity index is 681. The lowest BCUT2D eigenvalue weighted by Gasteiger charge is -2.21. The van der Waals surface area contributed by atoms with E-state index in [-0.39, 0.29) is 6.04 Å². The quantitative estimate of drug-likeness (QED) is 0.913. The highest BCUT2D eigenvalue weighted by Gasteiger charge is 2.18. The van der Waals surface area contributed by atoms with E-state index in [0.29, 0.717) is 0 Å². The zero-order chi connectivity index (χ0) is 15.0. The van der Waals surface area contributed by atoms with E-state index in [0.717, 1.165) is 23.8 Å². The number of hydrogen-bond donors (Lipinski definition) is 1. The number of rotatable bonds is 3. The second-order valence-corrected chi connectivity index (χ2v) is 6.11. The number of hydrogen-bond acceptors (Lipinski definition) is 2. The molecular weight excluding hydrogens is 282 g/mol. The molecule has 110 valence electrons. The molecular formula is C18H20ClNO. The monoisotopic (exact) mass is 301 g/mol. The van der Waals surface area contributed by atoms with Crippen LogP contribution in [-0.4, -0.2) is 7.05 Å². The fourth-order valence-corrected chi connectivity index (χ4v) is 3.21. The van der Waals surface area contributed by atoms with Gasteiger partial charge < -0.3 is 10.1 Å². The molecule has 0 saturated carbocycles. The Labute approximate surface area is 131 Å². The van der Waals surface area contributed by atoms with Crippen molar-refractivity contribution in [3.63, 3.8) is 0 Å². The predicted octanol–water partition coefficient (Wildman–Crippen LogP) is 4.30. The average Bonchev–Trinajstić information content (AvgIpc) is 2.92. The zero-order valence-electron chi connectivity index (χ0n) is 12.7. The summed E-state index contributed by atoms with van der Waals surface area (Å²) < 4.78 is 5.51. The molecule has 2 aromatic rings. The number of nitrogens with one attached hydrogen (secondary N) is 1. The summed E-state index contributed by atoms with van der Waals surface area (Å²) in [4.78, 5) is 0. The second kappa shape index (κ2) is 5.80. The van der Waals surface area contributed by atoms with Crippen LogP contribution in [0.2, 0.25) is 5.02 Å². The van der Waals surface area contributed by atoms with Crippen molar-refractivity contribution in [2.24, 2.45) is 0 Å². The first kappa shape index (κ1) is 14.6. The van der Waals surface area contributed by atoms with Crippen LogP contribution in [0.4, 0.5) is 0 Å². The van der Waals surface area contributed by atoms with Gasteiger partial charge in [-0.25, -0.2) is 0 Å². The molecule has 0 saturated heterocycles. The van der Waals surface area contributed by atoms with Crippen molar-refractivity contribution >= 4 is 11.6 Å². The Morgan fingerprint density at radius 3 is 2.57 bits per heavy atom. The van der Waals surface area contributed by atoms with E-state index in [1.165, 1.54) is 27.8 Å². The summed E-state index contributed by atoms with van der Waals surface area (Å²) >= 11 is 6.22. The first-order valence-corrected chi connectivity index (χ1v) is 7.61. The molecule has 0 spiro atoms. The van der Waals surface area contributed by atoms with Crippen LogP contribution in [0.25, 0.3) is 0 Å². The summed E-state index contributed by atoms with van der Waals surface area (Å²) in [5.41, 5.74) is 7.47. The lowest BCUT2D eigenvalue weighted by atomic mass is 9.92. The van der Waals surface area contributed by atoms with E-state index < -0.39 is 0 Å². The number of benzene rings is 2. The van der Waals surface area contributed by atoms with Gasteiger partial charge in [0.25, 0.3) is 0 Å². The molecule has 0 aromatic heterocycles. The summed E-state index contributed by atoms with van der Waals surface area (Å²) in [6, 6.07) is 11.0. The van der Waals surface area contributed by atoms with Crippen molar-refractivity contribution in [1.29, 1.82) is 0 Å². The van der Waals surface area contributed by atoms with Crippen LogP contribution in [-0.2, 0) is 18.0 Å². The predicted molar refractivity (Wildman–Crippen MR) is 86.8 cm³/mol. The van der Waals surface area contributed by atoms with Crippen molar-refractivity contribution in [2.75, 3.05) is 7.05 Å². The fraction of sp³-hybridized carbons (Fsp3) is 0.333. The smallest absolute Gasteiger partial charge is 0.0725 e. The van der Waals surface area contributed by atoms with E-state index >= 15 is 0 Å². The molecule has 1 aliphatic rings. The molecule has 1 N–H and O–H groups in total. The van der Waals surface area contributed by atoms with Gasteiger partial charge in [0.1, 0.15) is 0 Å². The molecule has 2 nitrogen and oxygen atoms in total. The minimum absolute atomic E-state index is 0.173. The zero-order valence-corrected chi connectivity index (χ0v) is 13.4. The van der Waals surface area contributed by atoms with Gasteiger partial charge in [0.15, 0.2) is 0 Å². The Hall–Kier alpha value is -1.35. The standard InChI is InChI=1S/C18H20ClNO/c1-11-7-17(19)12(2)6-16(11)18(20-3)13-4-5-14-9-21-10-15(14)8-13/h4-8,18,20H,9-10H2,1-3H3. The van der Waals surface area contributed by atoms with Gasteiger partial charge in [-0.2, -0.15) is 0 Å². The third kappa shape index (κ3) is 2.71. The molecule has 1 atom stereocenters. The molecule has 1 aliphatic heterocycles. The Kier molecular flexibility index (Phi) is 4.03. The maximum Gasteiger partial charge on any atom is 0.0725 e. The van der Waals surface area contributed by atoms with Gasteiger partial charge in [-0.05, 0) is 60.3 Å². The molecule has 2 aromatic carbocycles. The number of aryl methyl sites for hydroxylation is 2. The van der Waals surface area contributed by atoms with Crippen LogP contribution in [0.1, 0.15) is 39.4 Å². The number of ether oxygens (including phenoxy) is 1. The minimum atomic E-state index is 0.173. The van der Waals surface area contributed by atoms with Crippen molar-refractivity contribution in [1.82, 2.24) is 5.32 Å². The van der Waals surface area contributed by atoms with E-state index in [9.17, 15) is 0 Å². The Balaban J connectivity index is 2.04. The normalized spacial score (nSPS) is 15.0. The van der Waals surface area contributed by atoms with Gasteiger partial charge in [-0.3, -0.25) is 0 Å². The summed E-state index contributed by atoms with van der Waals surface area (Å²) in [5, 5.41) is 4.26. The van der Waals surface area contributed by atoms with Crippen molar-refractivity contribution in [3.05, 3.63) is 68.7 Å². The van der Waals surface area contributed by atoms with Gasteiger partial charge in [0.2, 0.25) is 0 Å². The molecule has 1 unspecified atom stereocenters. The summed E-state index contributed by atoms with van der Waals surface area (Å²) in [5.74, 6) is 0. The molecule has 0 fully saturated rings. The van der Waals surface area contributed by atoms with Crippen molar-refractivity contribution < 1.29 is 4.74 Å². The first-order valence-electron chi connectivity index (χ1n) is 7.23. The lowest BCUT2D eigenvalue weighted by molar-refractivity contribution is 0.134. The van der Waals surface area contributed by atoms with Crippen LogP contribution < -0.4 is 5.32 Å². The number of halogens is 1. The summed E-state index contributed by atoms with van der Waals surface area (Å²) in [6.45, 7) is 5.62. The van der Waals surface area contributed by atoms with E-state index in [1.54, 1.807) is 0 Å². The summed E-state index contributed by atoms with van der Waals surface area (Å²) in [6.07, 6.45) is 0. The largest absolute Gasteiger partial charge is 0.372 e. The van der Waals surface area contributed by atoms with Gasteiger partial charge in [-0.15, -0.1) is 0 Å². The highest BCUT2D eigenvalue weighted by atomic mass is 35.5. The molecule has 0 amide bonds. The molecule has 0 bridgehead atoms. The SMILES string of the molecule is CNC(c1ccc2c(c1)COC2)c1cc(C)c(Cl)cc1C. The summed E-state index contributed by atoms with van der Waals surface area (Å²) in [7, 11) is 2.00. The Morgan fingerprint density at radius 2 is 1.81 bits per heavy atom. The second-order valence-electron chi connectivity index (χ2n) is 5.70. The van der Waals surface area contributed by atoms with E-state index in [4.69, 9.17) is 16.3 Å². The molecule has 0 aliphatic carbocycles. The first-order chi connectivity index (χ1) is 10.1. The van der Waals surface area contributed by atoms with Crippen LogP contribution in [0.15, 0.2) is 30.3 Å². The van der Waals surface area contributed by atoms with Crippen LogP contribution in [0, 0.1) is 13.8 Å². The van der Waals surface area contributed by atoms with Crippen molar-refractivity contribution in [3.8, 4) is 0 Å². The van der Waals surface area contributed by atoms with Gasteiger partial charge in [0.05, 0.1) is 19.3 Å². The fourth-order valence-electron chi connectivity index (χ4n) is 2.99. The molecule has 3 rings (SSSR count). The minimum Gasteiger partial charge on any atom is -0.372 e. The van der Waals surface area contributed by atoms with E-state index in [1.807, 2.05) is 13.1 Å². The maximum atomic E-state index is 6.22. The molecule has 21 heavy (non-hydrogen) atoms. The van der Waals surface area contributed by atoms with Crippen LogP contribution in [0.3, 0.4) is 0 Å². The average molecular weight is 302 g/mol. The van der Waals surface area contributed by atoms with Crippen molar-refractivity contribution in [2.45, 2.75) is 33.1 Å². The Morgan fingerprint density at radius 1 is 1.05 bits per heavy atom. The molecule has 1 heterocycles. The number of fused-ring (bicyclic) bond motifs is 1.